The fraction of sp³-hybridized carbons (Fsp3) is 0.615. The molecule has 0 spiro atoms. The molecule has 6 heteroatoms. The van der Waals surface area contributed by atoms with Crippen LogP contribution in [0.15, 0.2) is 12.1 Å². The first-order valence-corrected chi connectivity index (χ1v) is 6.65. The number of hydrogen-bond acceptors (Lipinski definition) is 5. The molecule has 0 radical (unpaired) electrons. The third-order valence-electron chi connectivity index (χ3n) is 3.66. The zero-order chi connectivity index (χ0) is 13.6. The van der Waals surface area contributed by atoms with Gasteiger partial charge in [-0.15, -0.1) is 14.8 Å². The van der Waals surface area contributed by atoms with E-state index in [1.807, 2.05) is 32.9 Å². The van der Waals surface area contributed by atoms with Crippen LogP contribution in [-0.2, 0) is 0 Å². The number of anilines is 1. The molecule has 1 aliphatic heterocycles. The second-order valence-electron chi connectivity index (χ2n) is 5.70. The summed E-state index contributed by atoms with van der Waals surface area (Å²) in [7, 11) is 0. The lowest BCUT2D eigenvalue weighted by Gasteiger charge is -2.34. The number of hydrogen-bond donors (Lipinski definition) is 1. The first-order chi connectivity index (χ1) is 8.95. The van der Waals surface area contributed by atoms with Crippen LogP contribution in [0.5, 0.6) is 0 Å². The molecule has 2 aromatic rings. The Morgan fingerprint density at radius 1 is 1.32 bits per heavy atom. The monoisotopic (exact) mass is 261 g/mol. The molecule has 1 N–H and O–H groups in total. The second-order valence-corrected chi connectivity index (χ2v) is 5.70. The minimum absolute atomic E-state index is 0.0991. The Balaban J connectivity index is 1.99. The second kappa shape index (κ2) is 4.16. The zero-order valence-electron chi connectivity index (χ0n) is 11.5. The van der Waals surface area contributed by atoms with Gasteiger partial charge < -0.3 is 10.0 Å². The first kappa shape index (κ1) is 12.3. The minimum Gasteiger partial charge on any atom is -0.388 e. The Hall–Kier alpha value is -1.69. The van der Waals surface area contributed by atoms with E-state index in [4.69, 9.17) is 0 Å². The Bertz CT molecular complexity index is 601. The summed E-state index contributed by atoms with van der Waals surface area (Å²) >= 11 is 0. The van der Waals surface area contributed by atoms with Gasteiger partial charge in [-0.2, -0.15) is 0 Å². The van der Waals surface area contributed by atoms with Crippen LogP contribution in [0.3, 0.4) is 0 Å². The number of aryl methyl sites for hydroxylation is 1. The number of rotatable bonds is 2. The van der Waals surface area contributed by atoms with Crippen molar-refractivity contribution >= 4 is 11.5 Å². The van der Waals surface area contributed by atoms with Crippen LogP contribution in [-0.4, -0.2) is 43.1 Å². The summed E-state index contributed by atoms with van der Waals surface area (Å²) in [5.41, 5.74) is 0.0195. The first-order valence-electron chi connectivity index (χ1n) is 6.65. The molecule has 3 rings (SSSR count). The van der Waals surface area contributed by atoms with Gasteiger partial charge in [0.25, 0.3) is 0 Å². The fourth-order valence-corrected chi connectivity index (χ4v) is 2.81. The van der Waals surface area contributed by atoms with Crippen molar-refractivity contribution in [3.63, 3.8) is 0 Å². The summed E-state index contributed by atoms with van der Waals surface area (Å²) in [5.74, 6) is 1.56. The van der Waals surface area contributed by atoms with Gasteiger partial charge in [0.05, 0.1) is 11.6 Å². The predicted molar refractivity (Wildman–Crippen MR) is 72.2 cm³/mol. The highest BCUT2D eigenvalue weighted by molar-refractivity contribution is 5.47. The largest absolute Gasteiger partial charge is 0.388 e. The summed E-state index contributed by atoms with van der Waals surface area (Å²) in [6, 6.07) is 3.97. The van der Waals surface area contributed by atoms with E-state index in [0.29, 0.717) is 5.82 Å². The standard InChI is InChI=1S/C13H19N5O/c1-9-14-11-6-7-12(16-18(11)15-9)17-8-4-5-10(17)13(2,3)19/h6-7,10,19H,4-5,8H2,1-3H3/t10-/m0/s1. The van der Waals surface area contributed by atoms with Crippen LogP contribution in [0.1, 0.15) is 32.5 Å². The molecule has 1 saturated heterocycles. The molecule has 2 aromatic heterocycles. The Morgan fingerprint density at radius 2 is 2.11 bits per heavy atom. The summed E-state index contributed by atoms with van der Waals surface area (Å²) in [6.07, 6.45) is 2.06. The van der Waals surface area contributed by atoms with E-state index in [9.17, 15) is 5.11 Å². The van der Waals surface area contributed by atoms with E-state index in [-0.39, 0.29) is 6.04 Å². The van der Waals surface area contributed by atoms with Gasteiger partial charge in [0.2, 0.25) is 0 Å². The highest BCUT2D eigenvalue weighted by atomic mass is 16.3. The highest BCUT2D eigenvalue weighted by Crippen LogP contribution is 2.30. The van der Waals surface area contributed by atoms with Crippen LogP contribution in [0, 0.1) is 6.92 Å². The number of nitrogens with zero attached hydrogens (tertiary/aromatic N) is 5. The van der Waals surface area contributed by atoms with Gasteiger partial charge in [0.15, 0.2) is 11.5 Å². The maximum Gasteiger partial charge on any atom is 0.176 e. The molecular formula is C13H19N5O. The van der Waals surface area contributed by atoms with Gasteiger partial charge in [0.1, 0.15) is 5.82 Å². The van der Waals surface area contributed by atoms with Crippen molar-refractivity contribution in [1.82, 2.24) is 19.8 Å². The molecule has 102 valence electrons. The van der Waals surface area contributed by atoms with Crippen LogP contribution in [0.2, 0.25) is 0 Å². The topological polar surface area (TPSA) is 66.5 Å². The molecule has 0 unspecified atom stereocenters. The Morgan fingerprint density at radius 3 is 2.84 bits per heavy atom. The van der Waals surface area contributed by atoms with Gasteiger partial charge in [-0.3, -0.25) is 0 Å². The molecule has 0 aliphatic carbocycles. The van der Waals surface area contributed by atoms with Gasteiger partial charge in [-0.1, -0.05) is 0 Å². The molecule has 0 aromatic carbocycles. The summed E-state index contributed by atoms with van der Waals surface area (Å²) < 4.78 is 1.56. The maximum atomic E-state index is 10.3. The van der Waals surface area contributed by atoms with E-state index in [2.05, 4.69) is 20.1 Å². The maximum absolute atomic E-state index is 10.3. The molecule has 0 amide bonds. The molecule has 1 fully saturated rings. The summed E-state index contributed by atoms with van der Waals surface area (Å²) in [4.78, 5) is 6.43. The highest BCUT2D eigenvalue weighted by Gasteiger charge is 2.36. The van der Waals surface area contributed by atoms with Crippen molar-refractivity contribution in [2.75, 3.05) is 11.4 Å². The number of aliphatic hydroxyl groups is 1. The van der Waals surface area contributed by atoms with E-state index >= 15 is 0 Å². The summed E-state index contributed by atoms with van der Waals surface area (Å²) in [6.45, 7) is 6.48. The van der Waals surface area contributed by atoms with Crippen LogP contribution in [0.25, 0.3) is 5.65 Å². The average molecular weight is 261 g/mol. The predicted octanol–water partition coefficient (Wildman–Crippen LogP) is 1.17. The third-order valence-corrected chi connectivity index (χ3v) is 3.66. The van der Waals surface area contributed by atoms with Crippen molar-refractivity contribution in [2.45, 2.75) is 45.3 Å². The van der Waals surface area contributed by atoms with Crippen molar-refractivity contribution in [3.8, 4) is 0 Å². The van der Waals surface area contributed by atoms with Crippen molar-refractivity contribution in [1.29, 1.82) is 0 Å². The molecule has 0 bridgehead atoms. The Labute approximate surface area is 112 Å². The average Bonchev–Trinajstić information content (AvgIpc) is 2.90. The number of fused-ring (bicyclic) bond motifs is 1. The zero-order valence-corrected chi connectivity index (χ0v) is 11.5. The van der Waals surface area contributed by atoms with Crippen LogP contribution in [0.4, 0.5) is 5.82 Å². The minimum atomic E-state index is -0.731. The lowest BCUT2D eigenvalue weighted by atomic mass is 9.97. The molecule has 6 nitrogen and oxygen atoms in total. The molecule has 0 saturated carbocycles. The normalized spacial score (nSPS) is 20.4. The van der Waals surface area contributed by atoms with E-state index in [1.165, 1.54) is 0 Å². The van der Waals surface area contributed by atoms with E-state index in [0.717, 1.165) is 30.9 Å². The quantitative estimate of drug-likeness (QED) is 0.879. The van der Waals surface area contributed by atoms with Crippen LogP contribution >= 0.6 is 0 Å². The van der Waals surface area contributed by atoms with Gasteiger partial charge in [-0.05, 0) is 45.7 Å². The smallest absolute Gasteiger partial charge is 0.176 e. The molecule has 3 heterocycles. The summed E-state index contributed by atoms with van der Waals surface area (Å²) in [5, 5.41) is 19.0. The van der Waals surface area contributed by atoms with E-state index in [1.54, 1.807) is 4.63 Å². The van der Waals surface area contributed by atoms with Gasteiger partial charge in [0, 0.05) is 6.54 Å². The molecule has 19 heavy (non-hydrogen) atoms. The van der Waals surface area contributed by atoms with Gasteiger partial charge >= 0.3 is 0 Å². The van der Waals surface area contributed by atoms with Crippen LogP contribution < -0.4 is 4.90 Å². The fourth-order valence-electron chi connectivity index (χ4n) is 2.81. The van der Waals surface area contributed by atoms with Crippen molar-refractivity contribution in [3.05, 3.63) is 18.0 Å². The lowest BCUT2D eigenvalue weighted by Crippen LogP contribution is -2.46. The molecule has 1 atom stereocenters. The molecule has 1 aliphatic rings. The molecular weight excluding hydrogens is 242 g/mol. The van der Waals surface area contributed by atoms with Crippen molar-refractivity contribution in [2.24, 2.45) is 0 Å². The van der Waals surface area contributed by atoms with Gasteiger partial charge in [-0.25, -0.2) is 4.98 Å². The third kappa shape index (κ3) is 2.16. The SMILES string of the molecule is Cc1nc2ccc(N3CCC[C@H]3C(C)(C)O)nn2n1. The van der Waals surface area contributed by atoms with Crippen molar-refractivity contribution < 1.29 is 5.11 Å². The Kier molecular flexibility index (Phi) is 2.70. The number of aromatic nitrogens is 4. The lowest BCUT2D eigenvalue weighted by molar-refractivity contribution is 0.0532. The van der Waals surface area contributed by atoms with E-state index < -0.39 is 5.60 Å².